The number of amides is 1. The minimum absolute atomic E-state index is 0.0683. The Hall–Kier alpha value is -1.90. The van der Waals surface area contributed by atoms with E-state index in [9.17, 15) is 4.79 Å². The molecule has 3 nitrogen and oxygen atoms in total. The third kappa shape index (κ3) is 3.78. The lowest BCUT2D eigenvalue weighted by atomic mass is 10.1. The van der Waals surface area contributed by atoms with Gasteiger partial charge in [-0.1, -0.05) is 38.1 Å². The number of aromatic nitrogens is 1. The van der Waals surface area contributed by atoms with Crippen molar-refractivity contribution in [2.45, 2.75) is 26.7 Å². The first-order chi connectivity index (χ1) is 9.16. The highest BCUT2D eigenvalue weighted by molar-refractivity contribution is 5.87. The highest BCUT2D eigenvalue weighted by atomic mass is 16.1. The summed E-state index contributed by atoms with van der Waals surface area (Å²) < 4.78 is 0. The molecule has 1 aromatic carbocycles. The molecule has 0 fully saturated rings. The highest BCUT2D eigenvalue weighted by Gasteiger charge is 2.07. The third-order valence-corrected chi connectivity index (χ3v) is 3.11. The van der Waals surface area contributed by atoms with Crippen molar-refractivity contribution in [1.82, 2.24) is 10.3 Å². The second-order valence-corrected chi connectivity index (χ2v) is 5.20. The molecule has 0 aliphatic heterocycles. The van der Waals surface area contributed by atoms with E-state index in [-0.39, 0.29) is 5.91 Å². The molecule has 0 bridgehead atoms. The number of fused-ring (bicyclic) bond motifs is 1. The Balaban J connectivity index is 2.03. The van der Waals surface area contributed by atoms with Gasteiger partial charge in [0.25, 0.3) is 0 Å². The number of hydrogen-bond acceptors (Lipinski definition) is 2. The molecule has 0 atom stereocenters. The highest BCUT2D eigenvalue weighted by Crippen LogP contribution is 2.16. The van der Waals surface area contributed by atoms with Crippen molar-refractivity contribution in [3.63, 3.8) is 0 Å². The number of carbonyl (C=O) groups is 1. The summed E-state index contributed by atoms with van der Waals surface area (Å²) >= 11 is 0. The Morgan fingerprint density at radius 2 is 2.05 bits per heavy atom. The van der Waals surface area contributed by atoms with Gasteiger partial charge < -0.3 is 5.32 Å². The van der Waals surface area contributed by atoms with Crippen LogP contribution < -0.4 is 5.32 Å². The molecule has 100 valence electrons. The van der Waals surface area contributed by atoms with Crippen molar-refractivity contribution in [1.29, 1.82) is 0 Å². The van der Waals surface area contributed by atoms with Gasteiger partial charge in [0.2, 0.25) is 5.91 Å². The topological polar surface area (TPSA) is 42.0 Å². The number of carbonyl (C=O) groups excluding carboxylic acids is 1. The Morgan fingerprint density at radius 3 is 2.84 bits per heavy atom. The zero-order valence-corrected chi connectivity index (χ0v) is 11.5. The van der Waals surface area contributed by atoms with Gasteiger partial charge in [0.05, 0.1) is 11.9 Å². The first-order valence-electron chi connectivity index (χ1n) is 6.76. The van der Waals surface area contributed by atoms with Gasteiger partial charge >= 0.3 is 0 Å². The maximum atomic E-state index is 11.9. The summed E-state index contributed by atoms with van der Waals surface area (Å²) in [4.78, 5) is 16.3. The summed E-state index contributed by atoms with van der Waals surface area (Å²) in [5, 5.41) is 4.04. The van der Waals surface area contributed by atoms with Crippen molar-refractivity contribution >= 4 is 16.8 Å². The zero-order chi connectivity index (χ0) is 13.7. The van der Waals surface area contributed by atoms with Gasteiger partial charge in [-0.05, 0) is 24.0 Å². The van der Waals surface area contributed by atoms with Crippen LogP contribution in [0.15, 0.2) is 36.5 Å². The average molecular weight is 256 g/mol. The van der Waals surface area contributed by atoms with Crippen molar-refractivity contribution in [2.75, 3.05) is 6.54 Å². The van der Waals surface area contributed by atoms with E-state index in [0.717, 1.165) is 29.4 Å². The predicted octanol–water partition coefficient (Wildman–Crippen LogP) is 2.94. The van der Waals surface area contributed by atoms with E-state index < -0.39 is 0 Å². The van der Waals surface area contributed by atoms with Crippen LogP contribution in [0, 0.1) is 5.92 Å². The van der Waals surface area contributed by atoms with Gasteiger partial charge in [-0.3, -0.25) is 9.78 Å². The van der Waals surface area contributed by atoms with Gasteiger partial charge in [-0.25, -0.2) is 0 Å². The fourth-order valence-electron chi connectivity index (χ4n) is 2.05. The smallest absolute Gasteiger partial charge is 0.224 e. The van der Waals surface area contributed by atoms with E-state index in [1.165, 1.54) is 0 Å². The van der Waals surface area contributed by atoms with Crippen molar-refractivity contribution < 1.29 is 4.79 Å². The molecule has 0 spiro atoms. The molecule has 1 amide bonds. The molecule has 1 aromatic heterocycles. The molecule has 0 radical (unpaired) electrons. The van der Waals surface area contributed by atoms with Crippen LogP contribution in [0.3, 0.4) is 0 Å². The maximum absolute atomic E-state index is 11.9. The lowest BCUT2D eigenvalue weighted by Gasteiger charge is -2.08. The first kappa shape index (κ1) is 13.5. The Bertz CT molecular complexity index is 558. The van der Waals surface area contributed by atoms with Gasteiger partial charge in [-0.15, -0.1) is 0 Å². The van der Waals surface area contributed by atoms with Gasteiger partial charge in [0.1, 0.15) is 0 Å². The van der Waals surface area contributed by atoms with Gasteiger partial charge in [-0.2, -0.15) is 0 Å². The standard InChI is InChI=1S/C16H20N2O/c1-12(2)8-10-17-15(19)11-14-6-3-5-13-7-4-9-18-16(13)14/h3-7,9,12H,8,10-11H2,1-2H3,(H,17,19). The average Bonchev–Trinajstić information content (AvgIpc) is 2.39. The number of pyridine rings is 1. The Kier molecular flexibility index (Phi) is 4.50. The van der Waals surface area contributed by atoms with Crippen LogP contribution in [0.5, 0.6) is 0 Å². The van der Waals surface area contributed by atoms with Crippen molar-refractivity contribution in [3.8, 4) is 0 Å². The molecular weight excluding hydrogens is 236 g/mol. The molecule has 0 saturated heterocycles. The van der Waals surface area contributed by atoms with Crippen LogP contribution in [-0.2, 0) is 11.2 Å². The van der Waals surface area contributed by atoms with Crippen LogP contribution in [0.1, 0.15) is 25.8 Å². The van der Waals surface area contributed by atoms with Crippen molar-refractivity contribution in [2.24, 2.45) is 5.92 Å². The summed E-state index contributed by atoms with van der Waals surface area (Å²) in [6, 6.07) is 9.89. The van der Waals surface area contributed by atoms with Crippen LogP contribution in [-0.4, -0.2) is 17.4 Å². The van der Waals surface area contributed by atoms with E-state index in [2.05, 4.69) is 24.1 Å². The quantitative estimate of drug-likeness (QED) is 0.893. The molecule has 0 unspecified atom stereocenters. The summed E-state index contributed by atoms with van der Waals surface area (Å²) in [6.45, 7) is 5.05. The van der Waals surface area contributed by atoms with E-state index >= 15 is 0 Å². The van der Waals surface area contributed by atoms with Crippen molar-refractivity contribution in [3.05, 3.63) is 42.1 Å². The lowest BCUT2D eigenvalue weighted by molar-refractivity contribution is -0.120. The molecule has 2 aromatic rings. The summed E-state index contributed by atoms with van der Waals surface area (Å²) in [5.41, 5.74) is 1.91. The minimum atomic E-state index is 0.0683. The summed E-state index contributed by atoms with van der Waals surface area (Å²) in [5.74, 6) is 0.679. The predicted molar refractivity (Wildman–Crippen MR) is 77.9 cm³/mol. The second kappa shape index (κ2) is 6.32. The Morgan fingerprint density at radius 1 is 1.26 bits per heavy atom. The van der Waals surface area contributed by atoms with E-state index in [1.807, 2.05) is 30.3 Å². The maximum Gasteiger partial charge on any atom is 0.224 e. The monoisotopic (exact) mass is 256 g/mol. The van der Waals surface area contributed by atoms with Gasteiger partial charge in [0, 0.05) is 18.1 Å². The molecule has 3 heteroatoms. The molecule has 0 aliphatic carbocycles. The number of benzene rings is 1. The molecule has 2 rings (SSSR count). The number of para-hydroxylation sites is 1. The third-order valence-electron chi connectivity index (χ3n) is 3.11. The number of hydrogen-bond donors (Lipinski definition) is 1. The van der Waals surface area contributed by atoms with Gasteiger partial charge in [0.15, 0.2) is 0 Å². The fraction of sp³-hybridized carbons (Fsp3) is 0.375. The minimum Gasteiger partial charge on any atom is -0.356 e. The molecular formula is C16H20N2O. The zero-order valence-electron chi connectivity index (χ0n) is 11.5. The number of nitrogens with one attached hydrogen (secondary N) is 1. The van der Waals surface area contributed by atoms with Crippen LogP contribution in [0.2, 0.25) is 0 Å². The SMILES string of the molecule is CC(C)CCNC(=O)Cc1cccc2cccnc12. The van der Waals surface area contributed by atoms with Crippen LogP contribution in [0.25, 0.3) is 10.9 Å². The van der Waals surface area contributed by atoms with Crippen LogP contribution >= 0.6 is 0 Å². The van der Waals surface area contributed by atoms with E-state index in [0.29, 0.717) is 12.3 Å². The number of rotatable bonds is 5. The second-order valence-electron chi connectivity index (χ2n) is 5.20. The lowest BCUT2D eigenvalue weighted by Crippen LogP contribution is -2.26. The summed E-state index contributed by atoms with van der Waals surface area (Å²) in [6.07, 6.45) is 3.18. The largest absolute Gasteiger partial charge is 0.356 e. The Labute approximate surface area is 114 Å². The normalized spacial score (nSPS) is 10.9. The molecule has 0 aliphatic rings. The summed E-state index contributed by atoms with van der Waals surface area (Å²) in [7, 11) is 0. The molecule has 1 N–H and O–H groups in total. The first-order valence-corrected chi connectivity index (χ1v) is 6.76. The van der Waals surface area contributed by atoms with E-state index in [4.69, 9.17) is 0 Å². The fourth-order valence-corrected chi connectivity index (χ4v) is 2.05. The van der Waals surface area contributed by atoms with Crippen LogP contribution in [0.4, 0.5) is 0 Å². The molecule has 1 heterocycles. The van der Waals surface area contributed by atoms with E-state index in [1.54, 1.807) is 6.20 Å². The molecule has 0 saturated carbocycles. The number of nitrogens with zero attached hydrogens (tertiary/aromatic N) is 1. The molecule has 19 heavy (non-hydrogen) atoms.